The second-order valence-electron chi connectivity index (χ2n) is 4.54. The summed E-state index contributed by atoms with van der Waals surface area (Å²) in [4.78, 5) is 0.225. The third-order valence-electron chi connectivity index (χ3n) is 2.93. The van der Waals surface area contributed by atoms with Crippen LogP contribution in [0.15, 0.2) is 70.3 Å². The molecule has 0 aliphatic heterocycles. The number of anilines is 1. The lowest BCUT2D eigenvalue weighted by Gasteiger charge is -2.21. The molecule has 22 heavy (non-hydrogen) atoms. The van der Waals surface area contributed by atoms with Gasteiger partial charge in [0.25, 0.3) is 10.0 Å². The topological polar surface area (TPSA) is 37.4 Å². The van der Waals surface area contributed by atoms with Crippen molar-refractivity contribution in [3.63, 3.8) is 0 Å². The van der Waals surface area contributed by atoms with Crippen molar-refractivity contribution in [3.05, 3.63) is 74.6 Å². The number of hydrogen-bond donors (Lipinski definition) is 0. The fraction of sp³-hybridized carbons (Fsp3) is 0.0625. The lowest BCUT2D eigenvalue weighted by atomic mass is 10.2. The molecule has 0 fully saturated rings. The highest BCUT2D eigenvalue weighted by Gasteiger charge is 2.24. The number of halogens is 2. The first-order chi connectivity index (χ1) is 10.4. The Morgan fingerprint density at radius 1 is 1.23 bits per heavy atom. The monoisotopic (exact) mass is 489 g/mol. The van der Waals surface area contributed by atoms with Crippen LogP contribution in [-0.2, 0) is 10.0 Å². The van der Waals surface area contributed by atoms with Crippen LogP contribution in [0.5, 0.6) is 0 Å². The minimum Gasteiger partial charge on any atom is -0.233 e. The molecule has 0 radical (unpaired) electrons. The molecule has 2 aromatic carbocycles. The van der Waals surface area contributed by atoms with E-state index >= 15 is 0 Å². The fourth-order valence-electron chi connectivity index (χ4n) is 1.84. The Labute approximate surface area is 152 Å². The van der Waals surface area contributed by atoms with Crippen molar-refractivity contribution in [1.29, 1.82) is 0 Å². The number of rotatable bonds is 4. The molecule has 0 spiro atoms. The molecular formula is C16H13BrINO2S. The Kier molecular flexibility index (Phi) is 5.50. The lowest BCUT2D eigenvalue weighted by Crippen LogP contribution is -2.26. The molecule has 114 valence electrons. The fourth-order valence-corrected chi connectivity index (χ4v) is 4.90. The summed E-state index contributed by atoms with van der Waals surface area (Å²) in [7, 11) is -3.71. The van der Waals surface area contributed by atoms with Gasteiger partial charge in [-0.05, 0) is 59.8 Å². The molecule has 0 N–H and O–H groups in total. The van der Waals surface area contributed by atoms with Crippen LogP contribution < -0.4 is 4.31 Å². The summed E-state index contributed by atoms with van der Waals surface area (Å²) in [6.07, 6.45) is 1.33. The van der Waals surface area contributed by atoms with Crippen molar-refractivity contribution >= 4 is 54.2 Å². The molecule has 0 saturated heterocycles. The van der Waals surface area contributed by atoms with Gasteiger partial charge in [-0.3, -0.25) is 0 Å². The maximum absolute atomic E-state index is 12.9. The van der Waals surface area contributed by atoms with Gasteiger partial charge in [-0.15, -0.1) is 5.73 Å². The zero-order chi connectivity index (χ0) is 16.3. The van der Waals surface area contributed by atoms with E-state index in [1.165, 1.54) is 10.5 Å². The molecule has 6 heteroatoms. The van der Waals surface area contributed by atoms with E-state index in [2.05, 4.69) is 50.8 Å². The number of benzene rings is 2. The molecule has 3 nitrogen and oxygen atoms in total. The minimum absolute atomic E-state index is 0.225. The molecule has 0 aliphatic carbocycles. The summed E-state index contributed by atoms with van der Waals surface area (Å²) in [5.74, 6) is 0. The highest BCUT2D eigenvalue weighted by atomic mass is 127. The quantitative estimate of drug-likeness (QED) is 0.454. The van der Waals surface area contributed by atoms with E-state index in [0.717, 1.165) is 13.6 Å². The summed E-state index contributed by atoms with van der Waals surface area (Å²) in [5.41, 5.74) is 4.11. The van der Waals surface area contributed by atoms with Crippen LogP contribution in [0.25, 0.3) is 0 Å². The second kappa shape index (κ2) is 7.00. The van der Waals surface area contributed by atoms with E-state index < -0.39 is 10.0 Å². The van der Waals surface area contributed by atoms with Crippen LogP contribution in [0.4, 0.5) is 5.69 Å². The van der Waals surface area contributed by atoms with Gasteiger partial charge in [-0.1, -0.05) is 40.2 Å². The van der Waals surface area contributed by atoms with Crippen LogP contribution in [0.1, 0.15) is 5.56 Å². The molecule has 0 amide bonds. The Morgan fingerprint density at radius 3 is 2.41 bits per heavy atom. The van der Waals surface area contributed by atoms with Gasteiger partial charge in [-0.25, -0.2) is 12.7 Å². The molecule has 0 unspecified atom stereocenters. The van der Waals surface area contributed by atoms with Crippen molar-refractivity contribution < 1.29 is 8.42 Å². The molecule has 2 aromatic rings. The number of aryl methyl sites for hydroxylation is 1. The predicted octanol–water partition coefficient (Wildman–Crippen LogP) is 4.86. The largest absolute Gasteiger partial charge is 0.268 e. The third kappa shape index (κ3) is 3.63. The highest BCUT2D eigenvalue weighted by Crippen LogP contribution is 2.30. The number of nitrogens with zero attached hydrogens (tertiary/aromatic N) is 1. The van der Waals surface area contributed by atoms with Gasteiger partial charge in [-0.2, -0.15) is 0 Å². The maximum atomic E-state index is 12.9. The van der Waals surface area contributed by atoms with Gasteiger partial charge in [0.2, 0.25) is 0 Å². The highest BCUT2D eigenvalue weighted by molar-refractivity contribution is 14.1. The normalized spacial score (nSPS) is 10.9. The van der Waals surface area contributed by atoms with Gasteiger partial charge < -0.3 is 0 Å². The summed E-state index contributed by atoms with van der Waals surface area (Å²) in [6.45, 7) is 5.41. The Balaban J connectivity index is 2.60. The minimum atomic E-state index is -3.71. The molecular weight excluding hydrogens is 477 g/mol. The Morgan fingerprint density at radius 2 is 1.86 bits per heavy atom. The zero-order valence-electron chi connectivity index (χ0n) is 11.8. The average molecular weight is 490 g/mol. The first kappa shape index (κ1) is 17.3. The van der Waals surface area contributed by atoms with Gasteiger partial charge in [0.1, 0.15) is 0 Å². The molecule has 0 bridgehead atoms. The summed E-state index contributed by atoms with van der Waals surface area (Å²) in [6, 6.07) is 12.1. The predicted molar refractivity (Wildman–Crippen MR) is 101 cm³/mol. The molecule has 0 aromatic heterocycles. The smallest absolute Gasteiger partial charge is 0.233 e. The first-order valence-electron chi connectivity index (χ1n) is 6.28. The molecule has 0 atom stereocenters. The van der Waals surface area contributed by atoms with Crippen molar-refractivity contribution in [2.24, 2.45) is 0 Å². The van der Waals surface area contributed by atoms with Crippen LogP contribution in [0, 0.1) is 10.5 Å². The first-order valence-corrected chi connectivity index (χ1v) is 9.59. The van der Waals surface area contributed by atoms with Gasteiger partial charge in [0.15, 0.2) is 0 Å². The summed E-state index contributed by atoms with van der Waals surface area (Å²) in [5, 5.41) is 0. The van der Waals surface area contributed by atoms with E-state index in [1.54, 1.807) is 36.4 Å². The van der Waals surface area contributed by atoms with Gasteiger partial charge in [0.05, 0.1) is 16.8 Å². The van der Waals surface area contributed by atoms with E-state index in [4.69, 9.17) is 0 Å². The molecule has 0 heterocycles. The van der Waals surface area contributed by atoms with Crippen molar-refractivity contribution in [2.75, 3.05) is 4.31 Å². The second-order valence-corrected chi connectivity index (χ2v) is 8.44. The molecule has 2 rings (SSSR count). The SMILES string of the molecule is C=C=CN(c1ccc(Br)cc1I)S(=O)(=O)c1ccc(C)cc1. The summed E-state index contributed by atoms with van der Waals surface area (Å²) >= 11 is 5.48. The standard InChI is InChI=1S/C16H13BrINO2S/c1-3-10-19(16-9-6-13(17)11-15(16)18)22(20,21)14-7-4-12(2)5-8-14/h4-11H,1H2,2H3. The Bertz CT molecular complexity index is 841. The molecule has 0 saturated carbocycles. The van der Waals surface area contributed by atoms with Gasteiger partial charge >= 0.3 is 0 Å². The Hall–Kier alpha value is -1.08. The molecule has 0 aliphatic rings. The van der Waals surface area contributed by atoms with Crippen LogP contribution in [0.3, 0.4) is 0 Å². The maximum Gasteiger partial charge on any atom is 0.268 e. The third-order valence-corrected chi connectivity index (χ3v) is 5.98. The number of hydrogen-bond acceptors (Lipinski definition) is 2. The van der Waals surface area contributed by atoms with Crippen molar-refractivity contribution in [1.82, 2.24) is 0 Å². The van der Waals surface area contributed by atoms with Crippen LogP contribution >= 0.6 is 38.5 Å². The van der Waals surface area contributed by atoms with E-state index in [-0.39, 0.29) is 4.90 Å². The lowest BCUT2D eigenvalue weighted by molar-refractivity contribution is 0.596. The van der Waals surface area contributed by atoms with Crippen molar-refractivity contribution in [3.8, 4) is 0 Å². The van der Waals surface area contributed by atoms with Crippen LogP contribution in [-0.4, -0.2) is 8.42 Å². The number of sulfonamides is 1. The average Bonchev–Trinajstić information content (AvgIpc) is 2.46. The van der Waals surface area contributed by atoms with E-state index in [9.17, 15) is 8.42 Å². The van der Waals surface area contributed by atoms with E-state index in [1.807, 2.05) is 13.0 Å². The van der Waals surface area contributed by atoms with E-state index in [0.29, 0.717) is 5.69 Å². The van der Waals surface area contributed by atoms with Crippen molar-refractivity contribution in [2.45, 2.75) is 11.8 Å². The zero-order valence-corrected chi connectivity index (χ0v) is 16.3. The van der Waals surface area contributed by atoms with Crippen LogP contribution in [0.2, 0.25) is 0 Å². The summed E-state index contributed by atoms with van der Waals surface area (Å²) < 4.78 is 28.6. The van der Waals surface area contributed by atoms with Gasteiger partial charge in [0, 0.05) is 8.04 Å².